The van der Waals surface area contributed by atoms with Crippen LogP contribution in [0.1, 0.15) is 17.5 Å². The van der Waals surface area contributed by atoms with Gasteiger partial charge in [-0.3, -0.25) is 4.79 Å². The van der Waals surface area contributed by atoms with Crippen molar-refractivity contribution in [3.8, 4) is 5.75 Å². The molecule has 3 nitrogen and oxygen atoms in total. The maximum atomic E-state index is 12.3. The van der Waals surface area contributed by atoms with Crippen LogP contribution in [0.3, 0.4) is 0 Å². The average Bonchev–Trinajstić information content (AvgIpc) is 2.54. The fourth-order valence-corrected chi connectivity index (χ4v) is 2.65. The minimum atomic E-state index is 0.138. The standard InChI is InChI=1S/C18H20BrNO2/c1-20(13-15-7-3-4-9-17(15)19)18(21)11-10-14-6-5-8-16(12-14)22-2/h3-9,12H,10-11,13H2,1-2H3. The highest BCUT2D eigenvalue weighted by molar-refractivity contribution is 9.10. The second-order valence-corrected chi connectivity index (χ2v) is 6.05. The van der Waals surface area contributed by atoms with Crippen LogP contribution < -0.4 is 4.74 Å². The van der Waals surface area contributed by atoms with Crippen LogP contribution in [0.4, 0.5) is 0 Å². The Hall–Kier alpha value is -1.81. The molecule has 0 atom stereocenters. The van der Waals surface area contributed by atoms with Gasteiger partial charge in [-0.25, -0.2) is 0 Å². The molecule has 0 radical (unpaired) electrons. The molecule has 116 valence electrons. The molecule has 2 rings (SSSR count). The lowest BCUT2D eigenvalue weighted by atomic mass is 10.1. The SMILES string of the molecule is COc1cccc(CCC(=O)N(C)Cc2ccccc2Br)c1. The van der Waals surface area contributed by atoms with Gasteiger partial charge in [0.05, 0.1) is 7.11 Å². The van der Waals surface area contributed by atoms with Crippen LogP contribution >= 0.6 is 15.9 Å². The molecule has 0 N–H and O–H groups in total. The number of carbonyl (C=O) groups is 1. The van der Waals surface area contributed by atoms with E-state index in [0.717, 1.165) is 27.8 Å². The molecule has 0 bridgehead atoms. The van der Waals surface area contributed by atoms with Crippen molar-refractivity contribution in [3.05, 3.63) is 64.1 Å². The molecule has 0 fully saturated rings. The number of benzene rings is 2. The zero-order valence-electron chi connectivity index (χ0n) is 12.9. The van der Waals surface area contributed by atoms with Gasteiger partial charge in [0.15, 0.2) is 0 Å². The van der Waals surface area contributed by atoms with Crippen molar-refractivity contribution in [2.24, 2.45) is 0 Å². The van der Waals surface area contributed by atoms with Gasteiger partial charge in [0.25, 0.3) is 0 Å². The first-order valence-electron chi connectivity index (χ1n) is 7.20. The Morgan fingerprint density at radius 3 is 2.68 bits per heavy atom. The molecule has 0 aliphatic heterocycles. The van der Waals surface area contributed by atoms with Crippen molar-refractivity contribution in [1.82, 2.24) is 4.90 Å². The number of ether oxygens (including phenoxy) is 1. The first-order chi connectivity index (χ1) is 10.6. The Bertz CT molecular complexity index is 642. The number of nitrogens with zero attached hydrogens (tertiary/aromatic N) is 1. The third-order valence-corrected chi connectivity index (χ3v) is 4.33. The first kappa shape index (κ1) is 16.6. The third-order valence-electron chi connectivity index (χ3n) is 3.55. The van der Waals surface area contributed by atoms with E-state index in [1.54, 1.807) is 12.0 Å². The van der Waals surface area contributed by atoms with Crippen LogP contribution in [-0.2, 0) is 17.8 Å². The summed E-state index contributed by atoms with van der Waals surface area (Å²) in [5.74, 6) is 0.963. The molecule has 22 heavy (non-hydrogen) atoms. The molecule has 2 aromatic carbocycles. The minimum Gasteiger partial charge on any atom is -0.497 e. The molecule has 0 aliphatic rings. The Kier molecular flexibility index (Phi) is 6.01. The van der Waals surface area contributed by atoms with Gasteiger partial charge in [-0.15, -0.1) is 0 Å². The number of carbonyl (C=O) groups excluding carboxylic acids is 1. The van der Waals surface area contributed by atoms with Crippen molar-refractivity contribution < 1.29 is 9.53 Å². The number of aryl methyl sites for hydroxylation is 1. The molecule has 2 aromatic rings. The Labute approximate surface area is 140 Å². The summed E-state index contributed by atoms with van der Waals surface area (Å²) in [6.07, 6.45) is 1.21. The van der Waals surface area contributed by atoms with Crippen LogP contribution in [0.15, 0.2) is 53.0 Å². The highest BCUT2D eigenvalue weighted by Gasteiger charge is 2.11. The van der Waals surface area contributed by atoms with E-state index in [0.29, 0.717) is 13.0 Å². The number of hydrogen-bond acceptors (Lipinski definition) is 2. The summed E-state index contributed by atoms with van der Waals surface area (Å²) in [6, 6.07) is 15.8. The van der Waals surface area contributed by atoms with Crippen molar-refractivity contribution in [3.63, 3.8) is 0 Å². The average molecular weight is 362 g/mol. The number of halogens is 1. The van der Waals surface area contributed by atoms with Crippen LogP contribution in [0.5, 0.6) is 5.75 Å². The largest absolute Gasteiger partial charge is 0.497 e. The second-order valence-electron chi connectivity index (χ2n) is 5.19. The zero-order valence-corrected chi connectivity index (χ0v) is 14.5. The fraction of sp³-hybridized carbons (Fsp3) is 0.278. The number of amides is 1. The molecule has 0 spiro atoms. The monoisotopic (exact) mass is 361 g/mol. The molecule has 4 heteroatoms. The van der Waals surface area contributed by atoms with Gasteiger partial charge < -0.3 is 9.64 Å². The third kappa shape index (κ3) is 4.60. The quantitative estimate of drug-likeness (QED) is 0.776. The van der Waals surface area contributed by atoms with Gasteiger partial charge in [0.1, 0.15) is 5.75 Å². The maximum absolute atomic E-state index is 12.3. The van der Waals surface area contributed by atoms with E-state index in [-0.39, 0.29) is 5.91 Å². The maximum Gasteiger partial charge on any atom is 0.222 e. The zero-order chi connectivity index (χ0) is 15.9. The Balaban J connectivity index is 1.90. The van der Waals surface area contributed by atoms with Crippen molar-refractivity contribution in [2.75, 3.05) is 14.2 Å². The predicted molar refractivity (Wildman–Crippen MR) is 91.9 cm³/mol. The van der Waals surface area contributed by atoms with Crippen LogP contribution in [-0.4, -0.2) is 25.0 Å². The summed E-state index contributed by atoms with van der Waals surface area (Å²) in [5, 5.41) is 0. The van der Waals surface area contributed by atoms with Crippen molar-refractivity contribution in [2.45, 2.75) is 19.4 Å². The van der Waals surface area contributed by atoms with Gasteiger partial charge >= 0.3 is 0 Å². The van der Waals surface area contributed by atoms with Gasteiger partial charge in [-0.2, -0.15) is 0 Å². The molecule has 0 saturated carbocycles. The molecule has 0 aliphatic carbocycles. The lowest BCUT2D eigenvalue weighted by Crippen LogP contribution is -2.26. The van der Waals surface area contributed by atoms with Crippen LogP contribution in [0.25, 0.3) is 0 Å². The minimum absolute atomic E-state index is 0.138. The van der Waals surface area contributed by atoms with Gasteiger partial charge in [-0.1, -0.05) is 46.3 Å². The van der Waals surface area contributed by atoms with Gasteiger partial charge in [0, 0.05) is 24.5 Å². The summed E-state index contributed by atoms with van der Waals surface area (Å²) < 4.78 is 6.23. The number of methoxy groups -OCH3 is 1. The molecule has 0 saturated heterocycles. The topological polar surface area (TPSA) is 29.5 Å². The molecular formula is C18H20BrNO2. The summed E-state index contributed by atoms with van der Waals surface area (Å²) in [7, 11) is 3.49. The van der Waals surface area contributed by atoms with Crippen molar-refractivity contribution in [1.29, 1.82) is 0 Å². The molecule has 0 unspecified atom stereocenters. The van der Waals surface area contributed by atoms with E-state index >= 15 is 0 Å². The number of hydrogen-bond donors (Lipinski definition) is 0. The second kappa shape index (κ2) is 7.99. The first-order valence-corrected chi connectivity index (χ1v) is 7.99. The highest BCUT2D eigenvalue weighted by atomic mass is 79.9. The molecule has 1 amide bonds. The summed E-state index contributed by atoms with van der Waals surface area (Å²) in [4.78, 5) is 14.0. The highest BCUT2D eigenvalue weighted by Crippen LogP contribution is 2.18. The summed E-state index contributed by atoms with van der Waals surface area (Å²) in [6.45, 7) is 0.609. The number of rotatable bonds is 6. The van der Waals surface area contributed by atoms with Crippen LogP contribution in [0.2, 0.25) is 0 Å². The van der Waals surface area contributed by atoms with Gasteiger partial charge in [0.2, 0.25) is 5.91 Å². The van der Waals surface area contributed by atoms with E-state index in [1.165, 1.54) is 0 Å². The summed E-state index contributed by atoms with van der Waals surface area (Å²) in [5.41, 5.74) is 2.22. The van der Waals surface area contributed by atoms with E-state index in [4.69, 9.17) is 4.74 Å². The van der Waals surface area contributed by atoms with Crippen molar-refractivity contribution >= 4 is 21.8 Å². The van der Waals surface area contributed by atoms with E-state index < -0.39 is 0 Å². The summed E-state index contributed by atoms with van der Waals surface area (Å²) >= 11 is 3.51. The Morgan fingerprint density at radius 2 is 1.95 bits per heavy atom. The molecular weight excluding hydrogens is 342 g/mol. The lowest BCUT2D eigenvalue weighted by Gasteiger charge is -2.18. The smallest absolute Gasteiger partial charge is 0.222 e. The van der Waals surface area contributed by atoms with E-state index in [9.17, 15) is 4.79 Å². The van der Waals surface area contributed by atoms with Gasteiger partial charge in [-0.05, 0) is 35.7 Å². The lowest BCUT2D eigenvalue weighted by molar-refractivity contribution is -0.130. The van der Waals surface area contributed by atoms with E-state index in [2.05, 4.69) is 15.9 Å². The van der Waals surface area contributed by atoms with Crippen LogP contribution in [0, 0.1) is 0 Å². The predicted octanol–water partition coefficient (Wildman–Crippen LogP) is 4.05. The normalized spacial score (nSPS) is 10.3. The Morgan fingerprint density at radius 1 is 1.18 bits per heavy atom. The molecule has 0 heterocycles. The fourth-order valence-electron chi connectivity index (χ4n) is 2.24. The van der Waals surface area contributed by atoms with E-state index in [1.807, 2.05) is 55.6 Å². The molecule has 0 aromatic heterocycles.